The van der Waals surface area contributed by atoms with E-state index in [1.165, 1.54) is 22.3 Å². The summed E-state index contributed by atoms with van der Waals surface area (Å²) >= 11 is 2.54. The van der Waals surface area contributed by atoms with Crippen LogP contribution < -0.4 is 10.2 Å². The van der Waals surface area contributed by atoms with Crippen LogP contribution in [0.1, 0.15) is 43.8 Å². The monoisotopic (exact) mass is 669 g/mol. The fourth-order valence-corrected chi connectivity index (χ4v) is 7.08. The van der Waals surface area contributed by atoms with Crippen LogP contribution in [-0.4, -0.2) is 27.9 Å². The Morgan fingerprint density at radius 1 is 0.854 bits per heavy atom. The number of carbonyl (C=O) groups is 2. The van der Waals surface area contributed by atoms with Gasteiger partial charge in [0.05, 0.1) is 5.75 Å². The van der Waals surface area contributed by atoms with Gasteiger partial charge in [-0.05, 0) is 109 Å². The number of amides is 1. The maximum atomic E-state index is 12.5. The average molecular weight is 670 g/mol. The smallest absolute Gasteiger partial charge is 0.313 e. The number of carboxylic acid groups (broad SMARTS) is 1. The molecule has 0 atom stereocenters. The molecular weight excluding hydrogens is 635 g/mol. The van der Waals surface area contributed by atoms with Crippen LogP contribution in [-0.2, 0) is 9.59 Å². The van der Waals surface area contributed by atoms with Crippen LogP contribution in [0.3, 0.4) is 0 Å². The second kappa shape index (κ2) is 14.3. The van der Waals surface area contributed by atoms with E-state index >= 15 is 0 Å². The van der Waals surface area contributed by atoms with Crippen LogP contribution in [0.4, 0.5) is 16.4 Å². The summed E-state index contributed by atoms with van der Waals surface area (Å²) in [5.74, 6) is -1.48. The predicted octanol–water partition coefficient (Wildman–Crippen LogP) is 9.68. The highest BCUT2D eigenvalue weighted by molar-refractivity contribution is 8.14. The number of aryl methyl sites for hydroxylation is 4. The summed E-state index contributed by atoms with van der Waals surface area (Å²) in [6.07, 6.45) is 3.99. The summed E-state index contributed by atoms with van der Waals surface area (Å²) in [5.41, 5.74) is 11.8. The third kappa shape index (κ3) is 7.51. The van der Waals surface area contributed by atoms with Crippen molar-refractivity contribution in [3.05, 3.63) is 153 Å². The van der Waals surface area contributed by atoms with Crippen LogP contribution in [0, 0.1) is 27.7 Å². The van der Waals surface area contributed by atoms with E-state index in [1.54, 1.807) is 17.4 Å². The van der Waals surface area contributed by atoms with Crippen molar-refractivity contribution in [3.8, 4) is 0 Å². The molecule has 48 heavy (non-hydrogen) atoms. The van der Waals surface area contributed by atoms with Crippen LogP contribution in [0.5, 0.6) is 0 Å². The second-order valence-corrected chi connectivity index (χ2v) is 13.8. The number of rotatable bonds is 9. The van der Waals surface area contributed by atoms with Gasteiger partial charge in [-0.15, -0.1) is 11.3 Å². The van der Waals surface area contributed by atoms with Crippen molar-refractivity contribution in [3.63, 3.8) is 0 Å². The van der Waals surface area contributed by atoms with Gasteiger partial charge in [-0.1, -0.05) is 90.1 Å². The highest BCUT2D eigenvalue weighted by Gasteiger charge is 2.22. The Hall–Kier alpha value is -5.18. The molecule has 240 valence electrons. The molecule has 1 aliphatic heterocycles. The van der Waals surface area contributed by atoms with Crippen molar-refractivity contribution in [2.24, 2.45) is 4.99 Å². The largest absolute Gasteiger partial charge is 0.481 e. The summed E-state index contributed by atoms with van der Waals surface area (Å²) in [7, 11) is 0. The molecule has 0 spiro atoms. The molecule has 2 heterocycles. The van der Waals surface area contributed by atoms with Gasteiger partial charge in [-0.25, -0.2) is 4.99 Å². The third-order valence-corrected chi connectivity index (χ3v) is 9.95. The second-order valence-electron chi connectivity index (χ2n) is 11.7. The number of hydrogen-bond acceptors (Lipinski definition) is 6. The Morgan fingerprint density at radius 2 is 1.62 bits per heavy atom. The number of hydrogen-bond donors (Lipinski definition) is 2. The normalized spacial score (nSPS) is 13.8. The molecular formula is C40H35N3O3S2. The zero-order chi connectivity index (χ0) is 33.8. The van der Waals surface area contributed by atoms with E-state index in [-0.39, 0.29) is 17.4 Å². The minimum atomic E-state index is -0.967. The number of nitrogens with one attached hydrogen (secondary N) is 1. The Labute approximate surface area is 289 Å². The summed E-state index contributed by atoms with van der Waals surface area (Å²) in [6, 6.07) is 36.2. The van der Waals surface area contributed by atoms with Crippen molar-refractivity contribution >= 4 is 74.2 Å². The number of nitrogens with zero attached hydrogens (tertiary/aromatic N) is 2. The van der Waals surface area contributed by atoms with E-state index in [4.69, 9.17) is 5.11 Å². The number of aliphatic carboxylic acids is 1. The highest BCUT2D eigenvalue weighted by atomic mass is 32.2. The summed E-state index contributed by atoms with van der Waals surface area (Å²) in [4.78, 5) is 30.9. The van der Waals surface area contributed by atoms with E-state index < -0.39 is 5.97 Å². The van der Waals surface area contributed by atoms with Crippen molar-refractivity contribution in [1.82, 2.24) is 5.32 Å². The molecule has 0 radical (unpaired) electrons. The molecule has 2 N–H and O–H groups in total. The standard InChI is InChI=1S/C40H35N3O3S2/c1-25-10-18-36(28(4)20-25)43(37-19-17-33(48-37)23-35-39(46)42-40(41-35)47-24-38(44)45)32-15-12-29(13-16-32)22-34(30-8-6-5-7-9-30)31-14-11-26(2)27(3)21-31/h5-23H,24H2,1-4H3,(H,44,45)(H,41,42,46). The first-order valence-corrected chi connectivity index (χ1v) is 17.3. The summed E-state index contributed by atoms with van der Waals surface area (Å²) in [5, 5.41) is 12.9. The summed E-state index contributed by atoms with van der Waals surface area (Å²) < 4.78 is 0. The lowest BCUT2D eigenvalue weighted by Crippen LogP contribution is -2.22. The molecule has 0 saturated carbocycles. The minimum absolute atomic E-state index is 0.172. The Kier molecular flexibility index (Phi) is 9.75. The Morgan fingerprint density at radius 3 is 2.33 bits per heavy atom. The molecule has 0 aliphatic carbocycles. The van der Waals surface area contributed by atoms with Gasteiger partial charge >= 0.3 is 5.97 Å². The van der Waals surface area contributed by atoms with Crippen molar-refractivity contribution in [2.75, 3.05) is 10.7 Å². The number of thioether (sulfide) groups is 1. The van der Waals surface area contributed by atoms with E-state index in [2.05, 4.69) is 134 Å². The van der Waals surface area contributed by atoms with Crippen molar-refractivity contribution in [1.29, 1.82) is 0 Å². The lowest BCUT2D eigenvalue weighted by atomic mass is 9.93. The lowest BCUT2D eigenvalue weighted by molar-refractivity contribution is -0.133. The zero-order valence-corrected chi connectivity index (χ0v) is 28.8. The number of anilines is 3. The van der Waals surface area contributed by atoms with Crippen LogP contribution in [0.2, 0.25) is 0 Å². The lowest BCUT2D eigenvalue weighted by Gasteiger charge is -2.25. The van der Waals surface area contributed by atoms with Crippen LogP contribution in [0.25, 0.3) is 17.7 Å². The van der Waals surface area contributed by atoms with Crippen LogP contribution in [0.15, 0.2) is 114 Å². The van der Waals surface area contributed by atoms with E-state index in [0.717, 1.165) is 55.3 Å². The van der Waals surface area contributed by atoms with Gasteiger partial charge in [0.1, 0.15) is 10.7 Å². The number of carboxylic acids is 1. The molecule has 1 aromatic heterocycles. The molecule has 6 nitrogen and oxygen atoms in total. The van der Waals surface area contributed by atoms with Gasteiger partial charge in [0, 0.05) is 16.3 Å². The maximum Gasteiger partial charge on any atom is 0.313 e. The van der Waals surface area contributed by atoms with E-state index in [0.29, 0.717) is 5.17 Å². The number of benzene rings is 4. The van der Waals surface area contributed by atoms with E-state index in [1.807, 2.05) is 18.2 Å². The zero-order valence-electron chi connectivity index (χ0n) is 27.2. The molecule has 6 rings (SSSR count). The molecule has 0 fully saturated rings. The molecule has 8 heteroatoms. The van der Waals surface area contributed by atoms with Crippen molar-refractivity contribution in [2.45, 2.75) is 27.7 Å². The Balaban J connectivity index is 1.36. The number of carbonyl (C=O) groups excluding carboxylic acids is 1. The molecule has 0 bridgehead atoms. The fourth-order valence-electron chi connectivity index (χ4n) is 5.51. The van der Waals surface area contributed by atoms with Gasteiger partial charge in [0.15, 0.2) is 5.17 Å². The van der Waals surface area contributed by atoms with Gasteiger partial charge in [0.2, 0.25) is 0 Å². The van der Waals surface area contributed by atoms with Gasteiger partial charge < -0.3 is 10.0 Å². The topological polar surface area (TPSA) is 82.0 Å². The number of thiophene rings is 1. The van der Waals surface area contributed by atoms with Crippen molar-refractivity contribution < 1.29 is 14.7 Å². The molecule has 5 aromatic rings. The highest BCUT2D eigenvalue weighted by Crippen LogP contribution is 2.41. The van der Waals surface area contributed by atoms with Gasteiger partial charge in [-0.2, -0.15) is 0 Å². The minimum Gasteiger partial charge on any atom is -0.481 e. The first-order chi connectivity index (χ1) is 23.1. The molecule has 1 amide bonds. The molecule has 0 saturated heterocycles. The van der Waals surface area contributed by atoms with Crippen LogP contribution >= 0.6 is 23.1 Å². The van der Waals surface area contributed by atoms with Gasteiger partial charge in [-0.3, -0.25) is 14.9 Å². The average Bonchev–Trinajstić information content (AvgIpc) is 3.68. The first kappa shape index (κ1) is 32.7. The molecule has 0 unspecified atom stereocenters. The van der Waals surface area contributed by atoms with E-state index in [9.17, 15) is 9.59 Å². The third-order valence-electron chi connectivity index (χ3n) is 8.08. The SMILES string of the molecule is Cc1ccc(N(c2ccc(C=C(c3ccccc3)c3ccc(C)c(C)c3)cc2)c2ccc(C=C3N=C(SCC(=O)O)NC3=O)s2)c(C)c1. The summed E-state index contributed by atoms with van der Waals surface area (Å²) in [6.45, 7) is 8.50. The number of amidine groups is 1. The van der Waals surface area contributed by atoms with Gasteiger partial charge in [0.25, 0.3) is 5.91 Å². The molecule has 1 aliphatic rings. The first-order valence-electron chi connectivity index (χ1n) is 15.5. The Bertz CT molecular complexity index is 2090. The maximum absolute atomic E-state index is 12.5. The fraction of sp³-hybridized carbons (Fsp3) is 0.125. The molecule has 4 aromatic carbocycles. The number of aliphatic imine (C=N–C) groups is 1. The quantitative estimate of drug-likeness (QED) is 0.121. The predicted molar refractivity (Wildman–Crippen MR) is 201 cm³/mol.